The Bertz CT molecular complexity index is 468. The number of ether oxygens (including phenoxy) is 1. The van der Waals surface area contributed by atoms with Gasteiger partial charge in [-0.1, -0.05) is 0 Å². The summed E-state index contributed by atoms with van der Waals surface area (Å²) < 4.78 is 5.43. The lowest BCUT2D eigenvalue weighted by molar-refractivity contribution is 0.0767. The van der Waals surface area contributed by atoms with Crippen molar-refractivity contribution in [3.8, 4) is 5.75 Å². The summed E-state index contributed by atoms with van der Waals surface area (Å²) in [5, 5.41) is 0. The molecule has 3 nitrogen and oxygen atoms in total. The Labute approximate surface area is 120 Å². The highest BCUT2D eigenvalue weighted by molar-refractivity contribution is 5.98. The summed E-state index contributed by atoms with van der Waals surface area (Å²) in [5.41, 5.74) is 0.836. The van der Waals surface area contributed by atoms with E-state index in [9.17, 15) is 4.79 Å². The van der Waals surface area contributed by atoms with Gasteiger partial charge < -0.3 is 9.64 Å². The molecule has 108 valence electrons. The standard InChI is InChI=1S/C17H23NO2/c1-3-20-16-8-4-12(5-9-16)17(19)13-10-14-6-7-15(11-13)18(14)2/h4-5,8-9,13-15H,3,6-7,10-11H2,1-2H3. The molecule has 0 N–H and O–H groups in total. The van der Waals surface area contributed by atoms with Gasteiger partial charge in [-0.2, -0.15) is 0 Å². The molecule has 2 fully saturated rings. The Morgan fingerprint density at radius 3 is 2.35 bits per heavy atom. The summed E-state index contributed by atoms with van der Waals surface area (Å²) in [6.45, 7) is 2.62. The van der Waals surface area contributed by atoms with Crippen molar-refractivity contribution < 1.29 is 9.53 Å². The number of Topliss-reactive ketones (excluding diaryl/α,β-unsaturated/α-hetero) is 1. The molecular formula is C17H23NO2. The predicted octanol–water partition coefficient (Wildman–Crippen LogP) is 3.14. The van der Waals surface area contributed by atoms with Gasteiger partial charge in [0.05, 0.1) is 6.61 Å². The SMILES string of the molecule is CCOc1ccc(C(=O)C2CC3CCC(C2)N3C)cc1. The lowest BCUT2D eigenvalue weighted by Crippen LogP contribution is -2.42. The van der Waals surface area contributed by atoms with Gasteiger partial charge in [-0.15, -0.1) is 0 Å². The van der Waals surface area contributed by atoms with Gasteiger partial charge in [-0.05, 0) is 63.9 Å². The summed E-state index contributed by atoms with van der Waals surface area (Å²) in [6, 6.07) is 8.86. The maximum absolute atomic E-state index is 12.6. The molecule has 0 radical (unpaired) electrons. The van der Waals surface area contributed by atoms with Gasteiger partial charge in [0.15, 0.2) is 5.78 Å². The highest BCUT2D eigenvalue weighted by atomic mass is 16.5. The highest BCUT2D eigenvalue weighted by Crippen LogP contribution is 2.38. The number of benzene rings is 1. The van der Waals surface area contributed by atoms with Crippen molar-refractivity contribution in [2.24, 2.45) is 5.92 Å². The molecule has 2 heterocycles. The second-order valence-corrected chi connectivity index (χ2v) is 6.04. The van der Waals surface area contributed by atoms with Crippen LogP contribution in [0.25, 0.3) is 0 Å². The van der Waals surface area contributed by atoms with Crippen LogP contribution in [-0.2, 0) is 0 Å². The van der Waals surface area contributed by atoms with Crippen LogP contribution in [0.5, 0.6) is 5.75 Å². The zero-order valence-electron chi connectivity index (χ0n) is 12.3. The van der Waals surface area contributed by atoms with Crippen molar-refractivity contribution in [2.45, 2.75) is 44.7 Å². The second-order valence-electron chi connectivity index (χ2n) is 6.04. The van der Waals surface area contributed by atoms with E-state index < -0.39 is 0 Å². The van der Waals surface area contributed by atoms with Crippen LogP contribution in [0.3, 0.4) is 0 Å². The topological polar surface area (TPSA) is 29.5 Å². The molecule has 3 heteroatoms. The van der Waals surface area contributed by atoms with Crippen LogP contribution in [0.4, 0.5) is 0 Å². The number of carbonyl (C=O) groups is 1. The average molecular weight is 273 g/mol. The Morgan fingerprint density at radius 2 is 1.80 bits per heavy atom. The van der Waals surface area contributed by atoms with Gasteiger partial charge in [0.2, 0.25) is 0 Å². The zero-order chi connectivity index (χ0) is 14.1. The first-order valence-corrected chi connectivity index (χ1v) is 7.68. The molecule has 2 saturated heterocycles. The van der Waals surface area contributed by atoms with E-state index in [1.165, 1.54) is 12.8 Å². The number of nitrogens with zero attached hydrogens (tertiary/aromatic N) is 1. The normalized spacial score (nSPS) is 29.4. The third kappa shape index (κ3) is 2.47. The van der Waals surface area contributed by atoms with Crippen LogP contribution >= 0.6 is 0 Å². The third-order valence-electron chi connectivity index (χ3n) is 4.92. The van der Waals surface area contributed by atoms with Crippen LogP contribution in [0.1, 0.15) is 43.0 Å². The lowest BCUT2D eigenvalue weighted by Gasteiger charge is -2.35. The predicted molar refractivity (Wildman–Crippen MR) is 79.2 cm³/mol. The van der Waals surface area contributed by atoms with Gasteiger partial charge in [0.1, 0.15) is 5.75 Å². The molecule has 2 unspecified atom stereocenters. The van der Waals surface area contributed by atoms with Crippen LogP contribution in [0.2, 0.25) is 0 Å². The van der Waals surface area contributed by atoms with Crippen LogP contribution in [0.15, 0.2) is 24.3 Å². The number of hydrogen-bond donors (Lipinski definition) is 0. The molecule has 0 aliphatic carbocycles. The van der Waals surface area contributed by atoms with E-state index in [1.54, 1.807) is 0 Å². The molecule has 1 aromatic rings. The zero-order valence-corrected chi connectivity index (χ0v) is 12.3. The summed E-state index contributed by atoms with van der Waals surface area (Å²) in [6.07, 6.45) is 4.57. The van der Waals surface area contributed by atoms with Gasteiger partial charge in [-0.3, -0.25) is 4.79 Å². The van der Waals surface area contributed by atoms with Crippen molar-refractivity contribution in [2.75, 3.05) is 13.7 Å². The fourth-order valence-corrected chi connectivity index (χ4v) is 3.74. The van der Waals surface area contributed by atoms with Crippen LogP contribution in [0, 0.1) is 5.92 Å². The molecular weight excluding hydrogens is 250 g/mol. The number of ketones is 1. The second kappa shape index (κ2) is 5.57. The van der Waals surface area contributed by atoms with Crippen LogP contribution in [-0.4, -0.2) is 36.4 Å². The first kappa shape index (κ1) is 13.6. The van der Waals surface area contributed by atoms with Crippen molar-refractivity contribution in [1.82, 2.24) is 4.90 Å². The molecule has 0 amide bonds. The van der Waals surface area contributed by atoms with E-state index in [4.69, 9.17) is 4.74 Å². The lowest BCUT2D eigenvalue weighted by atomic mass is 9.85. The molecule has 2 aliphatic heterocycles. The number of hydrogen-bond acceptors (Lipinski definition) is 3. The summed E-state index contributed by atoms with van der Waals surface area (Å²) >= 11 is 0. The molecule has 20 heavy (non-hydrogen) atoms. The van der Waals surface area contributed by atoms with E-state index in [1.807, 2.05) is 31.2 Å². The first-order chi connectivity index (χ1) is 9.69. The van der Waals surface area contributed by atoms with E-state index >= 15 is 0 Å². The van der Waals surface area contributed by atoms with Crippen molar-refractivity contribution in [1.29, 1.82) is 0 Å². The molecule has 2 bridgehead atoms. The van der Waals surface area contributed by atoms with Gasteiger partial charge in [0.25, 0.3) is 0 Å². The molecule has 3 rings (SSSR count). The van der Waals surface area contributed by atoms with E-state index in [0.29, 0.717) is 24.5 Å². The Hall–Kier alpha value is -1.35. The van der Waals surface area contributed by atoms with Crippen molar-refractivity contribution >= 4 is 5.78 Å². The fraction of sp³-hybridized carbons (Fsp3) is 0.588. The highest BCUT2D eigenvalue weighted by Gasteiger charge is 2.40. The fourth-order valence-electron chi connectivity index (χ4n) is 3.74. The molecule has 0 saturated carbocycles. The number of piperidine rings is 1. The quantitative estimate of drug-likeness (QED) is 0.789. The minimum absolute atomic E-state index is 0.210. The van der Waals surface area contributed by atoms with Gasteiger partial charge in [-0.25, -0.2) is 0 Å². The number of fused-ring (bicyclic) bond motifs is 2. The molecule has 2 atom stereocenters. The smallest absolute Gasteiger partial charge is 0.166 e. The van der Waals surface area contributed by atoms with Gasteiger partial charge >= 0.3 is 0 Å². The van der Waals surface area contributed by atoms with Crippen molar-refractivity contribution in [3.63, 3.8) is 0 Å². The van der Waals surface area contributed by atoms with Gasteiger partial charge in [0, 0.05) is 23.6 Å². The molecule has 2 aliphatic rings. The minimum atomic E-state index is 0.210. The molecule has 1 aromatic carbocycles. The summed E-state index contributed by atoms with van der Waals surface area (Å²) in [7, 11) is 2.21. The molecule has 0 spiro atoms. The largest absolute Gasteiger partial charge is 0.494 e. The maximum Gasteiger partial charge on any atom is 0.166 e. The Morgan fingerprint density at radius 1 is 1.20 bits per heavy atom. The summed E-state index contributed by atoms with van der Waals surface area (Å²) in [5.74, 6) is 1.37. The average Bonchev–Trinajstić information content (AvgIpc) is 2.68. The maximum atomic E-state index is 12.6. The van der Waals surface area contributed by atoms with E-state index in [2.05, 4.69) is 11.9 Å². The van der Waals surface area contributed by atoms with Crippen molar-refractivity contribution in [3.05, 3.63) is 29.8 Å². The summed E-state index contributed by atoms with van der Waals surface area (Å²) in [4.78, 5) is 15.1. The van der Waals surface area contributed by atoms with E-state index in [-0.39, 0.29) is 5.92 Å². The molecule has 0 aromatic heterocycles. The van der Waals surface area contributed by atoms with E-state index in [0.717, 1.165) is 24.2 Å². The number of rotatable bonds is 4. The first-order valence-electron chi connectivity index (χ1n) is 7.68. The third-order valence-corrected chi connectivity index (χ3v) is 4.92. The van der Waals surface area contributed by atoms with Crippen LogP contribution < -0.4 is 4.74 Å². The Balaban J connectivity index is 1.70. The number of carbonyl (C=O) groups excluding carboxylic acids is 1. The monoisotopic (exact) mass is 273 g/mol. The minimum Gasteiger partial charge on any atom is -0.494 e. The Kier molecular flexibility index (Phi) is 3.79.